The van der Waals surface area contributed by atoms with Gasteiger partial charge in [0.15, 0.2) is 6.04 Å². The van der Waals surface area contributed by atoms with Crippen molar-refractivity contribution >= 4 is 0 Å². The fourth-order valence-corrected chi connectivity index (χ4v) is 3.73. The van der Waals surface area contributed by atoms with Gasteiger partial charge >= 0.3 is 0 Å². The Balaban J connectivity index is 1.36. The van der Waals surface area contributed by atoms with Gasteiger partial charge in [-0.05, 0) is 25.1 Å². The van der Waals surface area contributed by atoms with Crippen molar-refractivity contribution in [3.63, 3.8) is 0 Å². The zero-order valence-corrected chi connectivity index (χ0v) is 15.5. The molecule has 1 atom stereocenters. The van der Waals surface area contributed by atoms with Crippen molar-refractivity contribution in [2.75, 3.05) is 26.2 Å². The summed E-state index contributed by atoms with van der Waals surface area (Å²) in [5.74, 6) is 1.15. The molecule has 6 heteroatoms. The van der Waals surface area contributed by atoms with Crippen LogP contribution in [0.25, 0.3) is 11.5 Å². The van der Waals surface area contributed by atoms with Gasteiger partial charge in [0.05, 0.1) is 0 Å². The maximum atomic E-state index is 13.9. The molecule has 5 nitrogen and oxygen atoms in total. The van der Waals surface area contributed by atoms with E-state index in [1.807, 2.05) is 42.5 Å². The second-order valence-corrected chi connectivity index (χ2v) is 7.21. The van der Waals surface area contributed by atoms with Crippen molar-refractivity contribution in [2.45, 2.75) is 19.5 Å². The van der Waals surface area contributed by atoms with Crippen molar-refractivity contribution in [2.24, 2.45) is 0 Å². The molecule has 1 aromatic heterocycles. The topological polar surface area (TPSA) is 47.8 Å². The van der Waals surface area contributed by atoms with Gasteiger partial charge in [0.2, 0.25) is 5.89 Å². The summed E-state index contributed by atoms with van der Waals surface area (Å²) >= 11 is 0. The minimum absolute atomic E-state index is 0.104. The van der Waals surface area contributed by atoms with Crippen LogP contribution in [0.3, 0.4) is 0 Å². The molecule has 1 saturated heterocycles. The fourth-order valence-electron chi connectivity index (χ4n) is 3.73. The molecule has 1 aliphatic heterocycles. The van der Waals surface area contributed by atoms with Crippen LogP contribution in [0.4, 0.5) is 4.39 Å². The Morgan fingerprint density at radius 2 is 1.67 bits per heavy atom. The van der Waals surface area contributed by atoms with E-state index < -0.39 is 0 Å². The summed E-state index contributed by atoms with van der Waals surface area (Å²) in [6.07, 6.45) is 0. The number of hydrogen-bond donors (Lipinski definition) is 2. The lowest BCUT2D eigenvalue weighted by molar-refractivity contribution is -1.03. The molecule has 0 aliphatic carbocycles. The Hall–Kier alpha value is -2.57. The van der Waals surface area contributed by atoms with Gasteiger partial charge in [-0.2, -0.15) is 0 Å². The number of nitrogens with one attached hydrogen (secondary N) is 2. The number of quaternary nitrogens is 2. The van der Waals surface area contributed by atoms with Gasteiger partial charge in [-0.25, -0.2) is 4.39 Å². The number of halogens is 1. The molecule has 0 unspecified atom stereocenters. The van der Waals surface area contributed by atoms with Crippen LogP contribution in [0, 0.1) is 5.82 Å². The number of rotatable bonds is 5. The van der Waals surface area contributed by atoms with E-state index >= 15 is 0 Å². The van der Waals surface area contributed by atoms with Crippen molar-refractivity contribution < 1.29 is 18.6 Å². The lowest BCUT2D eigenvalue weighted by Crippen LogP contribution is -3.27. The summed E-state index contributed by atoms with van der Waals surface area (Å²) in [4.78, 5) is 2.86. The number of aromatic nitrogens is 2. The Kier molecular flexibility index (Phi) is 5.27. The third-order valence-corrected chi connectivity index (χ3v) is 5.44. The van der Waals surface area contributed by atoms with Crippen molar-refractivity contribution in [3.05, 3.63) is 71.9 Å². The van der Waals surface area contributed by atoms with Gasteiger partial charge in [-0.15, -0.1) is 10.2 Å². The van der Waals surface area contributed by atoms with Crippen LogP contribution < -0.4 is 9.80 Å². The molecule has 27 heavy (non-hydrogen) atoms. The molecule has 0 spiro atoms. The van der Waals surface area contributed by atoms with Gasteiger partial charge in [-0.1, -0.05) is 36.4 Å². The zero-order valence-electron chi connectivity index (χ0n) is 15.5. The summed E-state index contributed by atoms with van der Waals surface area (Å²) in [7, 11) is 0. The predicted octanol–water partition coefficient (Wildman–Crippen LogP) is 0.920. The van der Waals surface area contributed by atoms with Gasteiger partial charge < -0.3 is 14.2 Å². The molecular formula is C21H25FN4O+2. The Morgan fingerprint density at radius 1 is 0.963 bits per heavy atom. The molecule has 2 N–H and O–H groups in total. The van der Waals surface area contributed by atoms with Crippen LogP contribution >= 0.6 is 0 Å². The standard InChI is InChI=1S/C21H23FN4O/c1-16(20-23-24-21(27-20)17-7-3-2-4-8-17)26-13-11-25(12-14-26)15-18-9-5-6-10-19(18)22/h2-10,16H,11-15H2,1H3/p+2/t16-/m1/s1. The molecule has 0 amide bonds. The monoisotopic (exact) mass is 368 g/mol. The second-order valence-electron chi connectivity index (χ2n) is 7.21. The van der Waals surface area contributed by atoms with Gasteiger partial charge in [-0.3, -0.25) is 0 Å². The molecule has 0 saturated carbocycles. The van der Waals surface area contributed by atoms with Crippen LogP contribution in [0.1, 0.15) is 24.4 Å². The highest BCUT2D eigenvalue weighted by Crippen LogP contribution is 2.19. The third kappa shape index (κ3) is 4.07. The van der Waals surface area contributed by atoms with Gasteiger partial charge in [0.25, 0.3) is 5.89 Å². The Labute approximate surface area is 158 Å². The average Bonchev–Trinajstić information content (AvgIpc) is 3.21. The molecule has 0 bridgehead atoms. The van der Waals surface area contributed by atoms with E-state index in [-0.39, 0.29) is 11.9 Å². The summed E-state index contributed by atoms with van der Waals surface area (Å²) in [6, 6.07) is 17.1. The minimum atomic E-state index is -0.104. The fraction of sp³-hybridized carbons (Fsp3) is 0.333. The Morgan fingerprint density at radius 3 is 2.41 bits per heavy atom. The summed E-state index contributed by atoms with van der Waals surface area (Å²) in [6.45, 7) is 6.91. The largest absolute Gasteiger partial charge is 0.415 e. The number of hydrogen-bond acceptors (Lipinski definition) is 3. The third-order valence-electron chi connectivity index (χ3n) is 5.44. The lowest BCUT2D eigenvalue weighted by atomic mass is 10.1. The highest BCUT2D eigenvalue weighted by atomic mass is 19.1. The number of piperazine rings is 1. The molecule has 2 heterocycles. The first-order chi connectivity index (χ1) is 13.2. The normalized spacial score (nSPS) is 21.1. The quantitative estimate of drug-likeness (QED) is 0.704. The summed E-state index contributed by atoms with van der Waals surface area (Å²) < 4.78 is 19.8. The van der Waals surface area contributed by atoms with Gasteiger partial charge in [0, 0.05) is 11.1 Å². The number of nitrogens with zero attached hydrogens (tertiary/aromatic N) is 2. The van der Waals surface area contributed by atoms with Crippen LogP contribution in [0.5, 0.6) is 0 Å². The summed E-state index contributed by atoms with van der Waals surface area (Å²) in [5, 5.41) is 8.48. The smallest absolute Gasteiger partial charge is 0.274 e. The maximum Gasteiger partial charge on any atom is 0.274 e. The van der Waals surface area contributed by atoms with E-state index in [0.717, 1.165) is 43.9 Å². The lowest BCUT2D eigenvalue weighted by Gasteiger charge is -2.32. The molecule has 0 radical (unpaired) electrons. The SMILES string of the molecule is C[C@H](c1nnc(-c2ccccc2)o1)[NH+]1CC[NH+](Cc2ccccc2F)CC1. The minimum Gasteiger partial charge on any atom is -0.415 e. The maximum absolute atomic E-state index is 13.9. The van der Waals surface area contributed by atoms with E-state index in [0.29, 0.717) is 11.8 Å². The molecular weight excluding hydrogens is 343 g/mol. The van der Waals surface area contributed by atoms with Crippen molar-refractivity contribution in [3.8, 4) is 11.5 Å². The average molecular weight is 368 g/mol. The van der Waals surface area contributed by atoms with E-state index in [4.69, 9.17) is 4.42 Å². The van der Waals surface area contributed by atoms with Crippen LogP contribution in [0.2, 0.25) is 0 Å². The molecule has 1 aliphatic rings. The van der Waals surface area contributed by atoms with Crippen molar-refractivity contribution in [1.29, 1.82) is 0 Å². The van der Waals surface area contributed by atoms with E-state index in [1.165, 1.54) is 15.9 Å². The first-order valence-corrected chi connectivity index (χ1v) is 9.51. The Bertz CT molecular complexity index is 875. The van der Waals surface area contributed by atoms with E-state index in [9.17, 15) is 4.39 Å². The molecule has 3 aromatic rings. The van der Waals surface area contributed by atoms with E-state index in [1.54, 1.807) is 6.07 Å². The first-order valence-electron chi connectivity index (χ1n) is 9.51. The van der Waals surface area contributed by atoms with E-state index in [2.05, 4.69) is 17.1 Å². The first kappa shape index (κ1) is 17.8. The van der Waals surface area contributed by atoms with Crippen molar-refractivity contribution in [1.82, 2.24) is 10.2 Å². The molecule has 1 fully saturated rings. The second kappa shape index (κ2) is 7.98. The highest BCUT2D eigenvalue weighted by Gasteiger charge is 2.31. The molecule has 140 valence electrons. The van der Waals surface area contributed by atoms with Gasteiger partial charge in [0.1, 0.15) is 38.5 Å². The zero-order chi connectivity index (χ0) is 18.6. The summed E-state index contributed by atoms with van der Waals surface area (Å²) in [5.41, 5.74) is 1.74. The molecule has 2 aromatic carbocycles. The van der Waals surface area contributed by atoms with Crippen LogP contribution in [0.15, 0.2) is 59.0 Å². The highest BCUT2D eigenvalue weighted by molar-refractivity contribution is 5.51. The number of benzene rings is 2. The molecule has 4 rings (SSSR count). The predicted molar refractivity (Wildman–Crippen MR) is 99.6 cm³/mol. The van der Waals surface area contributed by atoms with Crippen LogP contribution in [-0.4, -0.2) is 36.4 Å². The van der Waals surface area contributed by atoms with Crippen LogP contribution in [-0.2, 0) is 6.54 Å².